The Bertz CT molecular complexity index is 785. The highest BCUT2D eigenvalue weighted by Gasteiger charge is 2.42. The average Bonchev–Trinajstić information content (AvgIpc) is 3.05. The Labute approximate surface area is 156 Å². The molecule has 2 aromatic heterocycles. The summed E-state index contributed by atoms with van der Waals surface area (Å²) in [6.07, 6.45) is 7.32. The monoisotopic (exact) mass is 374 g/mol. The molecule has 1 fully saturated rings. The van der Waals surface area contributed by atoms with Crippen molar-refractivity contribution in [3.63, 3.8) is 0 Å². The van der Waals surface area contributed by atoms with Crippen LogP contribution in [0.3, 0.4) is 0 Å². The van der Waals surface area contributed by atoms with Crippen molar-refractivity contribution in [1.29, 1.82) is 0 Å². The number of hydrogen-bond acceptors (Lipinski definition) is 7. The van der Waals surface area contributed by atoms with Gasteiger partial charge in [-0.3, -0.25) is 4.79 Å². The Morgan fingerprint density at radius 1 is 1.23 bits per heavy atom. The predicted molar refractivity (Wildman–Crippen MR) is 97.8 cm³/mol. The summed E-state index contributed by atoms with van der Waals surface area (Å²) in [5, 5.41) is 3.54. The minimum absolute atomic E-state index is 0.294. The number of aromatic nitrogens is 3. The number of nitrogens with one attached hydrogen (secondary N) is 1. The summed E-state index contributed by atoms with van der Waals surface area (Å²) < 4.78 is 5.24. The first-order valence-electron chi connectivity index (χ1n) is 8.80. The third-order valence-electron chi connectivity index (χ3n) is 4.49. The number of hydrogen-bond donors (Lipinski definition) is 1. The molecule has 0 aromatic carbocycles. The zero-order valence-corrected chi connectivity index (χ0v) is 15.8. The van der Waals surface area contributed by atoms with E-state index in [1.165, 1.54) is 11.3 Å². The second-order valence-electron chi connectivity index (χ2n) is 6.32. The quantitative estimate of drug-likeness (QED) is 0.809. The van der Waals surface area contributed by atoms with Gasteiger partial charge in [0.1, 0.15) is 10.4 Å². The second kappa shape index (κ2) is 7.90. The number of thiazole rings is 1. The van der Waals surface area contributed by atoms with Crippen LogP contribution >= 0.6 is 11.3 Å². The van der Waals surface area contributed by atoms with Gasteiger partial charge < -0.3 is 10.1 Å². The third-order valence-corrected chi connectivity index (χ3v) is 5.64. The van der Waals surface area contributed by atoms with Crippen molar-refractivity contribution in [2.45, 2.75) is 51.5 Å². The first-order valence-corrected chi connectivity index (χ1v) is 9.62. The largest absolute Gasteiger partial charge is 0.464 e. The van der Waals surface area contributed by atoms with E-state index in [4.69, 9.17) is 4.74 Å². The molecule has 0 unspecified atom stereocenters. The van der Waals surface area contributed by atoms with Crippen molar-refractivity contribution in [1.82, 2.24) is 20.3 Å². The molecule has 3 rings (SSSR count). The molecular formula is C18H22N4O3S. The maximum atomic E-state index is 12.9. The molecule has 0 saturated heterocycles. The van der Waals surface area contributed by atoms with Crippen LogP contribution in [0.2, 0.25) is 0 Å². The highest BCUT2D eigenvalue weighted by atomic mass is 32.1. The zero-order valence-electron chi connectivity index (χ0n) is 14.9. The fourth-order valence-corrected chi connectivity index (χ4v) is 4.10. The Hall–Kier alpha value is -2.35. The summed E-state index contributed by atoms with van der Waals surface area (Å²) in [7, 11) is 0. The molecule has 1 amide bonds. The fourth-order valence-electron chi connectivity index (χ4n) is 3.19. The van der Waals surface area contributed by atoms with E-state index in [1.807, 2.05) is 0 Å². The lowest BCUT2D eigenvalue weighted by Gasteiger charge is -2.35. The number of ether oxygens (including phenoxy) is 1. The van der Waals surface area contributed by atoms with Crippen molar-refractivity contribution in [2.75, 3.05) is 6.61 Å². The molecule has 2 heterocycles. The number of nitrogens with zero attached hydrogens (tertiary/aromatic N) is 3. The summed E-state index contributed by atoms with van der Waals surface area (Å²) in [6, 6.07) is 1.73. The van der Waals surface area contributed by atoms with Crippen LogP contribution in [-0.4, -0.2) is 39.0 Å². The maximum Gasteiger partial charge on any atom is 0.331 e. The van der Waals surface area contributed by atoms with Crippen molar-refractivity contribution in [3.8, 4) is 10.8 Å². The molecule has 138 valence electrons. The normalized spacial score (nSPS) is 16.1. The number of aryl methyl sites for hydroxylation is 1. The molecule has 1 N–H and O–H groups in total. The van der Waals surface area contributed by atoms with Gasteiger partial charge in [0.25, 0.3) is 5.91 Å². The highest BCUT2D eigenvalue weighted by Crippen LogP contribution is 2.31. The maximum absolute atomic E-state index is 12.9. The lowest BCUT2D eigenvalue weighted by molar-refractivity contribution is -0.152. The Balaban J connectivity index is 1.84. The Kier molecular flexibility index (Phi) is 5.61. The molecule has 0 aliphatic heterocycles. The average molecular weight is 374 g/mol. The van der Waals surface area contributed by atoms with Gasteiger partial charge in [0.15, 0.2) is 10.8 Å². The van der Waals surface area contributed by atoms with Gasteiger partial charge in [0.2, 0.25) is 0 Å². The summed E-state index contributed by atoms with van der Waals surface area (Å²) >= 11 is 1.23. The molecular weight excluding hydrogens is 352 g/mol. The van der Waals surface area contributed by atoms with Crippen LogP contribution in [0.15, 0.2) is 18.5 Å². The smallest absolute Gasteiger partial charge is 0.331 e. The van der Waals surface area contributed by atoms with Crippen LogP contribution in [0.4, 0.5) is 0 Å². The van der Waals surface area contributed by atoms with E-state index in [0.717, 1.165) is 19.3 Å². The molecule has 0 atom stereocenters. The van der Waals surface area contributed by atoms with Gasteiger partial charge in [-0.15, -0.1) is 11.3 Å². The fraction of sp³-hybridized carbons (Fsp3) is 0.500. The van der Waals surface area contributed by atoms with Crippen LogP contribution in [0, 0.1) is 6.92 Å². The van der Waals surface area contributed by atoms with Crippen LogP contribution in [0.25, 0.3) is 10.8 Å². The minimum Gasteiger partial charge on any atom is -0.464 e. The van der Waals surface area contributed by atoms with E-state index in [-0.39, 0.29) is 11.9 Å². The van der Waals surface area contributed by atoms with Gasteiger partial charge in [-0.1, -0.05) is 19.3 Å². The first-order chi connectivity index (χ1) is 12.6. The summed E-state index contributed by atoms with van der Waals surface area (Å²) in [4.78, 5) is 38.7. The standard InChI is InChI=1S/C18H22N4O3S/c1-3-25-17(24)18(8-5-4-6-9-18)22-15(23)13-12(2)21-16(26-13)14-19-10-7-11-20-14/h7,10-11H,3-6,8-9H2,1-2H3,(H,22,23). The van der Waals surface area contributed by atoms with E-state index in [0.29, 0.717) is 40.9 Å². The van der Waals surface area contributed by atoms with Crippen molar-refractivity contribution >= 4 is 23.2 Å². The van der Waals surface area contributed by atoms with Gasteiger partial charge in [0.05, 0.1) is 12.3 Å². The molecule has 1 aliphatic rings. The minimum atomic E-state index is -0.939. The van der Waals surface area contributed by atoms with Gasteiger partial charge >= 0.3 is 5.97 Å². The molecule has 1 saturated carbocycles. The first kappa shape index (κ1) is 18.4. The Morgan fingerprint density at radius 2 is 1.92 bits per heavy atom. The summed E-state index contributed by atoms with van der Waals surface area (Å²) in [6.45, 7) is 3.84. The topological polar surface area (TPSA) is 94.1 Å². The van der Waals surface area contributed by atoms with Crippen LogP contribution in [0.5, 0.6) is 0 Å². The number of carbonyl (C=O) groups excluding carboxylic acids is 2. The molecule has 0 radical (unpaired) electrons. The highest BCUT2D eigenvalue weighted by molar-refractivity contribution is 7.17. The number of rotatable bonds is 5. The number of carbonyl (C=O) groups is 2. The van der Waals surface area contributed by atoms with Crippen molar-refractivity contribution < 1.29 is 14.3 Å². The molecule has 2 aromatic rings. The zero-order chi connectivity index (χ0) is 18.6. The van der Waals surface area contributed by atoms with E-state index < -0.39 is 5.54 Å². The van der Waals surface area contributed by atoms with Gasteiger partial charge in [0, 0.05) is 12.4 Å². The number of amides is 1. The SMILES string of the molecule is CCOC(=O)C1(NC(=O)c2sc(-c3ncccn3)nc2C)CCCCC1. The van der Waals surface area contributed by atoms with Crippen LogP contribution in [-0.2, 0) is 9.53 Å². The third kappa shape index (κ3) is 3.75. The van der Waals surface area contributed by atoms with Crippen LogP contribution < -0.4 is 5.32 Å². The predicted octanol–water partition coefficient (Wildman–Crippen LogP) is 2.90. The number of esters is 1. The molecule has 1 aliphatic carbocycles. The van der Waals surface area contributed by atoms with Gasteiger partial charge in [-0.25, -0.2) is 19.7 Å². The molecule has 7 nitrogen and oxygen atoms in total. The second-order valence-corrected chi connectivity index (χ2v) is 7.32. The lowest BCUT2D eigenvalue weighted by atomic mass is 9.81. The molecule has 26 heavy (non-hydrogen) atoms. The lowest BCUT2D eigenvalue weighted by Crippen LogP contribution is -2.56. The molecule has 8 heteroatoms. The molecule has 0 spiro atoms. The van der Waals surface area contributed by atoms with Crippen molar-refractivity contribution in [3.05, 3.63) is 29.0 Å². The van der Waals surface area contributed by atoms with E-state index in [9.17, 15) is 9.59 Å². The van der Waals surface area contributed by atoms with E-state index in [1.54, 1.807) is 32.3 Å². The van der Waals surface area contributed by atoms with Crippen LogP contribution in [0.1, 0.15) is 54.4 Å². The molecule has 0 bridgehead atoms. The van der Waals surface area contributed by atoms with Gasteiger partial charge in [-0.05, 0) is 32.8 Å². The van der Waals surface area contributed by atoms with E-state index in [2.05, 4.69) is 20.3 Å². The summed E-state index contributed by atoms with van der Waals surface area (Å²) in [5.41, 5.74) is -0.338. The Morgan fingerprint density at radius 3 is 2.58 bits per heavy atom. The van der Waals surface area contributed by atoms with Gasteiger partial charge in [-0.2, -0.15) is 0 Å². The van der Waals surface area contributed by atoms with E-state index >= 15 is 0 Å². The van der Waals surface area contributed by atoms with Crippen molar-refractivity contribution in [2.24, 2.45) is 0 Å². The summed E-state index contributed by atoms with van der Waals surface area (Å²) in [5.74, 6) is -0.156.